The summed E-state index contributed by atoms with van der Waals surface area (Å²) in [5.74, 6) is -1.22. The van der Waals surface area contributed by atoms with Crippen LogP contribution < -0.4 is 0 Å². The van der Waals surface area contributed by atoms with Crippen molar-refractivity contribution in [3.8, 4) is 0 Å². The lowest BCUT2D eigenvalue weighted by atomic mass is 9.85. The Balaban J connectivity index is 1.83. The predicted octanol–water partition coefficient (Wildman–Crippen LogP) is 0.266. The molecule has 2 amide bonds. The zero-order chi connectivity index (χ0) is 11.3. The molecule has 3 heterocycles. The van der Waals surface area contributed by atoms with Crippen LogP contribution in [0.15, 0.2) is 12.2 Å². The van der Waals surface area contributed by atoms with Crippen molar-refractivity contribution in [3.05, 3.63) is 12.2 Å². The first-order valence-corrected chi connectivity index (χ1v) is 5.58. The van der Waals surface area contributed by atoms with Crippen LogP contribution in [0.25, 0.3) is 0 Å². The molecule has 3 aliphatic heterocycles. The molecule has 16 heavy (non-hydrogen) atoms. The number of imide groups is 1. The van der Waals surface area contributed by atoms with Gasteiger partial charge in [-0.05, 0) is 6.42 Å². The Hall–Kier alpha value is -1.20. The molecule has 2 bridgehead atoms. The molecule has 0 spiro atoms. The number of carbonyl (C=O) groups excluding carboxylic acids is 2. The Kier molecular flexibility index (Phi) is 2.12. The highest BCUT2D eigenvalue weighted by Gasteiger charge is 2.61. The van der Waals surface area contributed by atoms with Gasteiger partial charge in [-0.2, -0.15) is 5.06 Å². The molecule has 0 aromatic carbocycles. The normalized spacial score (nSPS) is 39.9. The molecule has 2 saturated heterocycles. The predicted molar refractivity (Wildman–Crippen MR) is 52.9 cm³/mol. The molecule has 0 unspecified atom stereocenters. The summed E-state index contributed by atoms with van der Waals surface area (Å²) >= 11 is 0. The summed E-state index contributed by atoms with van der Waals surface area (Å²) in [5, 5.41) is 0.939. The zero-order valence-electron chi connectivity index (χ0n) is 8.96. The quantitative estimate of drug-likeness (QED) is 0.509. The summed E-state index contributed by atoms with van der Waals surface area (Å²) in [6.07, 6.45) is 4.03. The number of ether oxygens (including phenoxy) is 1. The van der Waals surface area contributed by atoms with Gasteiger partial charge in [-0.15, -0.1) is 0 Å². The van der Waals surface area contributed by atoms with Crippen molar-refractivity contribution >= 4 is 11.8 Å². The van der Waals surface area contributed by atoms with E-state index in [9.17, 15) is 9.59 Å². The van der Waals surface area contributed by atoms with E-state index in [1.807, 2.05) is 19.1 Å². The third-order valence-electron chi connectivity index (χ3n) is 3.29. The largest absolute Gasteiger partial charge is 0.365 e. The van der Waals surface area contributed by atoms with Gasteiger partial charge in [0.2, 0.25) is 0 Å². The minimum Gasteiger partial charge on any atom is -0.365 e. The van der Waals surface area contributed by atoms with Crippen molar-refractivity contribution in [1.29, 1.82) is 0 Å². The maximum atomic E-state index is 12.0. The van der Waals surface area contributed by atoms with Crippen LogP contribution in [-0.2, 0) is 19.2 Å². The van der Waals surface area contributed by atoms with Crippen molar-refractivity contribution < 1.29 is 19.2 Å². The Bertz CT molecular complexity index is 348. The molecular weight excluding hydrogens is 210 g/mol. The molecule has 3 aliphatic rings. The summed E-state index contributed by atoms with van der Waals surface area (Å²) in [6.45, 7) is 2.32. The van der Waals surface area contributed by atoms with Crippen LogP contribution in [0.5, 0.6) is 0 Å². The van der Waals surface area contributed by atoms with Gasteiger partial charge in [-0.3, -0.25) is 14.4 Å². The number of rotatable bonds is 3. The fourth-order valence-electron chi connectivity index (χ4n) is 2.59. The second-order valence-electron chi connectivity index (χ2n) is 4.31. The maximum Gasteiger partial charge on any atom is 0.260 e. The van der Waals surface area contributed by atoms with Crippen LogP contribution >= 0.6 is 0 Å². The fraction of sp³-hybridized carbons (Fsp3) is 0.636. The first kappa shape index (κ1) is 9.99. The standard InChI is InChI=1S/C11H13NO4/c1-2-5-15-12-10(13)8-6-3-4-7(16-6)9(8)11(12)14/h3-4,6-9H,2,5H2,1H3/t6-,7+,8-,9+. The first-order valence-electron chi connectivity index (χ1n) is 5.58. The van der Waals surface area contributed by atoms with Crippen LogP contribution in [0.1, 0.15) is 13.3 Å². The van der Waals surface area contributed by atoms with E-state index in [1.54, 1.807) is 0 Å². The summed E-state index contributed by atoms with van der Waals surface area (Å²) in [7, 11) is 0. The van der Waals surface area contributed by atoms with Gasteiger partial charge in [-0.25, -0.2) is 0 Å². The lowest BCUT2D eigenvalue weighted by Crippen LogP contribution is -2.34. The van der Waals surface area contributed by atoms with Gasteiger partial charge in [0.25, 0.3) is 11.8 Å². The van der Waals surface area contributed by atoms with Crippen molar-refractivity contribution in [2.24, 2.45) is 11.8 Å². The van der Waals surface area contributed by atoms with Crippen LogP contribution in [0, 0.1) is 11.8 Å². The molecule has 0 radical (unpaired) electrons. The molecule has 2 fully saturated rings. The maximum absolute atomic E-state index is 12.0. The van der Waals surface area contributed by atoms with Crippen molar-refractivity contribution in [3.63, 3.8) is 0 Å². The number of hydrogen-bond donors (Lipinski definition) is 0. The van der Waals surface area contributed by atoms with E-state index in [0.29, 0.717) is 6.61 Å². The molecule has 0 saturated carbocycles. The van der Waals surface area contributed by atoms with E-state index in [2.05, 4.69) is 0 Å². The average Bonchev–Trinajstić information content (AvgIpc) is 2.92. The number of amides is 2. The third-order valence-corrected chi connectivity index (χ3v) is 3.29. The van der Waals surface area contributed by atoms with E-state index in [-0.39, 0.29) is 35.9 Å². The molecule has 0 aromatic rings. The van der Waals surface area contributed by atoms with Crippen molar-refractivity contribution in [2.75, 3.05) is 6.61 Å². The molecule has 5 heteroatoms. The van der Waals surface area contributed by atoms with Crippen molar-refractivity contribution in [2.45, 2.75) is 25.6 Å². The van der Waals surface area contributed by atoms with E-state index in [4.69, 9.17) is 9.57 Å². The minimum absolute atomic E-state index is 0.235. The zero-order valence-corrected chi connectivity index (χ0v) is 8.96. The van der Waals surface area contributed by atoms with E-state index in [0.717, 1.165) is 11.5 Å². The van der Waals surface area contributed by atoms with E-state index >= 15 is 0 Å². The van der Waals surface area contributed by atoms with Gasteiger partial charge < -0.3 is 4.74 Å². The summed E-state index contributed by atoms with van der Waals surface area (Å²) in [5.41, 5.74) is 0. The van der Waals surface area contributed by atoms with Gasteiger partial charge in [-0.1, -0.05) is 19.1 Å². The molecule has 3 rings (SSSR count). The van der Waals surface area contributed by atoms with Gasteiger partial charge in [0, 0.05) is 0 Å². The molecule has 0 aromatic heterocycles. The fourth-order valence-corrected chi connectivity index (χ4v) is 2.59. The highest BCUT2D eigenvalue weighted by molar-refractivity contribution is 6.05. The van der Waals surface area contributed by atoms with Crippen molar-refractivity contribution in [1.82, 2.24) is 5.06 Å². The van der Waals surface area contributed by atoms with Gasteiger partial charge >= 0.3 is 0 Å². The highest BCUT2D eigenvalue weighted by Crippen LogP contribution is 2.45. The minimum atomic E-state index is -0.362. The Labute approximate surface area is 92.9 Å². The summed E-state index contributed by atoms with van der Waals surface area (Å²) < 4.78 is 5.50. The second kappa shape index (κ2) is 3.40. The smallest absolute Gasteiger partial charge is 0.260 e. The first-order chi connectivity index (χ1) is 7.74. The second-order valence-corrected chi connectivity index (χ2v) is 4.31. The third kappa shape index (κ3) is 1.13. The molecule has 5 nitrogen and oxygen atoms in total. The summed E-state index contributed by atoms with van der Waals surface area (Å²) in [4.78, 5) is 29.1. The Morgan fingerprint density at radius 1 is 1.25 bits per heavy atom. The molecule has 0 aliphatic carbocycles. The number of carbonyl (C=O) groups is 2. The monoisotopic (exact) mass is 223 g/mol. The number of nitrogens with zero attached hydrogens (tertiary/aromatic N) is 1. The topological polar surface area (TPSA) is 55.8 Å². The van der Waals surface area contributed by atoms with Crippen LogP contribution in [0.3, 0.4) is 0 Å². The Morgan fingerprint density at radius 2 is 1.81 bits per heavy atom. The van der Waals surface area contributed by atoms with Gasteiger partial charge in [0.15, 0.2) is 0 Å². The number of fused-ring (bicyclic) bond motifs is 5. The van der Waals surface area contributed by atoms with Gasteiger partial charge in [0.1, 0.15) is 0 Å². The van der Waals surface area contributed by atoms with E-state index < -0.39 is 0 Å². The lowest BCUT2D eigenvalue weighted by Gasteiger charge is -2.16. The van der Waals surface area contributed by atoms with Gasteiger partial charge in [0.05, 0.1) is 30.7 Å². The van der Waals surface area contributed by atoms with Crippen LogP contribution in [-0.4, -0.2) is 35.7 Å². The highest BCUT2D eigenvalue weighted by atomic mass is 16.7. The average molecular weight is 223 g/mol. The molecule has 4 atom stereocenters. The Morgan fingerprint density at radius 3 is 2.31 bits per heavy atom. The molecular formula is C11H13NO4. The lowest BCUT2D eigenvalue weighted by molar-refractivity contribution is -0.191. The van der Waals surface area contributed by atoms with Crippen LogP contribution in [0.4, 0.5) is 0 Å². The SMILES string of the molecule is CCCON1C(=O)[C@@H]2[C@H](C1=O)[C@H]1C=C[C@@H]2O1. The molecule has 0 N–H and O–H groups in total. The van der Waals surface area contributed by atoms with Crippen LogP contribution in [0.2, 0.25) is 0 Å². The van der Waals surface area contributed by atoms with E-state index in [1.165, 1.54) is 0 Å². The number of hydroxylamine groups is 2. The molecule has 86 valence electrons. The number of hydrogen-bond acceptors (Lipinski definition) is 4. The summed E-state index contributed by atoms with van der Waals surface area (Å²) in [6, 6.07) is 0.